The van der Waals surface area contributed by atoms with Crippen LogP contribution in [0.1, 0.15) is 28.1 Å². The van der Waals surface area contributed by atoms with Crippen LogP contribution >= 0.6 is 11.6 Å². The molecule has 324 valence electrons. The molecule has 6 rings (SSSR count). The molecule has 0 aliphatic carbocycles. The summed E-state index contributed by atoms with van der Waals surface area (Å²) in [4.78, 5) is 61.0. The Labute approximate surface area is 343 Å². The first kappa shape index (κ1) is 45.6. The number of hydrogen-bond acceptors (Lipinski definition) is 8. The van der Waals surface area contributed by atoms with Gasteiger partial charge in [-0.2, -0.15) is 26.3 Å². The van der Waals surface area contributed by atoms with Gasteiger partial charge in [-0.3, -0.25) is 9.59 Å². The third kappa shape index (κ3) is 9.32. The Hall–Kier alpha value is -6.45. The molecule has 12 nitrogen and oxygen atoms in total. The molecule has 0 radical (unpaired) electrons. The standard InChI is InChI=1S/C20H16F5N3O3.C18H13ClF5N3O3/c1-4-12-13(21)5-6-14(17(12)22)27(3)18(29)15-9-31-19(30)28(15)16-8-11(20(23,24)25)7-10(2)26-16;1-8-5-9(18(22,23)24)6-13(25-8)27-12(7-30-17(27)29)16(28)26(2)11-4-3-10(20)14(19)15(11)21/h4-8,15H,1,9H2,2-3H3;3-6,12H,7H2,1-2H3/t15-;12-/m00/s1. The average Bonchev–Trinajstić information content (AvgIpc) is 3.77. The van der Waals surface area contributed by atoms with E-state index in [4.69, 9.17) is 21.1 Å². The molecule has 2 saturated heterocycles. The molecule has 4 amide bonds. The molecule has 0 spiro atoms. The summed E-state index contributed by atoms with van der Waals surface area (Å²) in [7, 11) is 2.32. The van der Waals surface area contributed by atoms with Crippen molar-refractivity contribution in [3.8, 4) is 0 Å². The first-order chi connectivity index (χ1) is 28.4. The van der Waals surface area contributed by atoms with E-state index in [2.05, 4.69) is 16.5 Å². The molecule has 0 saturated carbocycles. The van der Waals surface area contributed by atoms with E-state index >= 15 is 0 Å². The third-order valence-corrected chi connectivity index (χ3v) is 9.40. The van der Waals surface area contributed by atoms with E-state index in [-0.39, 0.29) is 22.8 Å². The highest BCUT2D eigenvalue weighted by molar-refractivity contribution is 6.31. The summed E-state index contributed by atoms with van der Waals surface area (Å²) in [5.74, 6) is -6.86. The van der Waals surface area contributed by atoms with Crippen molar-refractivity contribution in [3.63, 3.8) is 0 Å². The first-order valence-corrected chi connectivity index (χ1v) is 17.6. The number of ether oxygens (including phenoxy) is 2. The van der Waals surface area contributed by atoms with Crippen LogP contribution < -0.4 is 19.6 Å². The summed E-state index contributed by atoms with van der Waals surface area (Å²) < 4.78 is 145. The van der Waals surface area contributed by atoms with Crippen molar-refractivity contribution >= 4 is 64.7 Å². The lowest BCUT2D eigenvalue weighted by Gasteiger charge is -2.26. The van der Waals surface area contributed by atoms with Gasteiger partial charge < -0.3 is 19.3 Å². The summed E-state index contributed by atoms with van der Waals surface area (Å²) in [5, 5.41) is -0.835. The Balaban J connectivity index is 0.000000231. The zero-order valence-electron chi connectivity index (χ0n) is 31.8. The van der Waals surface area contributed by atoms with Gasteiger partial charge in [0, 0.05) is 31.0 Å². The number of aryl methyl sites for hydroxylation is 2. The van der Waals surface area contributed by atoms with Gasteiger partial charge in [0.2, 0.25) is 0 Å². The van der Waals surface area contributed by atoms with Crippen LogP contribution in [0.3, 0.4) is 0 Å². The number of amides is 4. The maximum Gasteiger partial charge on any atom is 0.416 e. The number of pyridine rings is 2. The lowest BCUT2D eigenvalue weighted by atomic mass is 10.1. The predicted molar refractivity (Wildman–Crippen MR) is 198 cm³/mol. The smallest absolute Gasteiger partial charge is 0.416 e. The summed E-state index contributed by atoms with van der Waals surface area (Å²) in [6, 6.07) is 3.71. The van der Waals surface area contributed by atoms with Crippen LogP contribution in [0.4, 0.5) is 76.5 Å². The molecule has 2 aliphatic rings. The number of aromatic nitrogens is 2. The van der Waals surface area contributed by atoms with Crippen LogP contribution in [-0.2, 0) is 31.4 Å². The van der Waals surface area contributed by atoms with Gasteiger partial charge in [-0.05, 0) is 62.4 Å². The molecule has 2 aromatic heterocycles. The number of benzene rings is 2. The van der Waals surface area contributed by atoms with E-state index in [0.717, 1.165) is 59.3 Å². The second-order valence-corrected chi connectivity index (χ2v) is 13.5. The maximum atomic E-state index is 14.6. The van der Waals surface area contributed by atoms with Crippen molar-refractivity contribution in [2.75, 3.05) is 46.9 Å². The highest BCUT2D eigenvalue weighted by Crippen LogP contribution is 2.36. The SMILES string of the molecule is C=Cc1c(F)ccc(N(C)C(=O)[C@@H]2COC(=O)N2c2cc(C(F)(F)F)cc(C)n2)c1F.Cc1cc(C(F)(F)F)cc(N2C(=O)OC[C@H]2C(=O)N(C)c2ccc(F)c(Cl)c2F)n1. The number of carbonyl (C=O) groups excluding carboxylic acids is 4. The number of nitrogens with zero attached hydrogens (tertiary/aromatic N) is 6. The Morgan fingerprint density at radius 2 is 1.11 bits per heavy atom. The number of carbonyl (C=O) groups is 4. The van der Waals surface area contributed by atoms with Gasteiger partial charge in [-0.1, -0.05) is 24.3 Å². The lowest BCUT2D eigenvalue weighted by Crippen LogP contribution is -2.47. The van der Waals surface area contributed by atoms with E-state index in [0.29, 0.717) is 21.9 Å². The summed E-state index contributed by atoms with van der Waals surface area (Å²) in [5.41, 5.74) is -3.37. The summed E-state index contributed by atoms with van der Waals surface area (Å²) in [6.07, 6.45) is -10.7. The zero-order valence-corrected chi connectivity index (χ0v) is 32.5. The Bertz CT molecular complexity index is 2430. The van der Waals surface area contributed by atoms with Gasteiger partial charge in [0.15, 0.2) is 23.7 Å². The van der Waals surface area contributed by atoms with Crippen LogP contribution in [0.15, 0.2) is 55.1 Å². The van der Waals surface area contributed by atoms with Crippen LogP contribution in [0.2, 0.25) is 5.02 Å². The molecule has 4 heterocycles. The van der Waals surface area contributed by atoms with Gasteiger partial charge in [-0.15, -0.1) is 0 Å². The number of anilines is 4. The van der Waals surface area contributed by atoms with Gasteiger partial charge >= 0.3 is 24.5 Å². The fraction of sp³-hybridized carbons (Fsp3) is 0.263. The van der Waals surface area contributed by atoms with Gasteiger partial charge in [-0.25, -0.2) is 46.9 Å². The van der Waals surface area contributed by atoms with E-state index < -0.39 is 118 Å². The van der Waals surface area contributed by atoms with Crippen LogP contribution in [0, 0.1) is 37.1 Å². The van der Waals surface area contributed by atoms with Gasteiger partial charge in [0.05, 0.1) is 22.5 Å². The number of alkyl halides is 6. The molecular weight excluding hydrogens is 862 g/mol. The Kier molecular flexibility index (Phi) is 12.9. The minimum atomic E-state index is -4.71. The normalized spacial score (nSPS) is 16.4. The fourth-order valence-electron chi connectivity index (χ4n) is 6.05. The number of likely N-dealkylation sites (N-methyl/N-ethyl adjacent to an activating group) is 2. The topological polar surface area (TPSA) is 125 Å². The molecule has 2 aromatic carbocycles. The van der Waals surface area contributed by atoms with E-state index in [1.165, 1.54) is 20.9 Å². The number of hydrogen-bond donors (Lipinski definition) is 0. The third-order valence-electron chi connectivity index (χ3n) is 9.05. The number of rotatable bonds is 7. The number of cyclic esters (lactones) is 2. The van der Waals surface area contributed by atoms with E-state index in [1.54, 1.807) is 0 Å². The average molecular weight is 891 g/mol. The quantitative estimate of drug-likeness (QED) is 0.133. The van der Waals surface area contributed by atoms with E-state index in [9.17, 15) is 63.1 Å². The molecule has 2 aliphatic heterocycles. The van der Waals surface area contributed by atoms with Crippen molar-refractivity contribution in [2.24, 2.45) is 0 Å². The monoisotopic (exact) mass is 890 g/mol. The van der Waals surface area contributed by atoms with Crippen LogP contribution in [-0.4, -0.2) is 73.4 Å². The summed E-state index contributed by atoms with van der Waals surface area (Å²) in [6.45, 7) is 4.91. The van der Waals surface area contributed by atoms with Crippen LogP contribution in [0.5, 0.6) is 0 Å². The minimum absolute atomic E-state index is 0.0377. The van der Waals surface area contributed by atoms with Crippen molar-refractivity contribution < 1.29 is 72.6 Å². The van der Waals surface area contributed by atoms with Crippen molar-refractivity contribution in [1.82, 2.24) is 9.97 Å². The molecule has 2 atom stereocenters. The van der Waals surface area contributed by atoms with E-state index in [1.807, 2.05) is 0 Å². The molecule has 0 N–H and O–H groups in total. The fourth-order valence-corrected chi connectivity index (χ4v) is 6.21. The molecule has 0 unspecified atom stereocenters. The van der Waals surface area contributed by atoms with Gasteiger partial charge in [0.25, 0.3) is 11.8 Å². The van der Waals surface area contributed by atoms with Crippen molar-refractivity contribution in [1.29, 1.82) is 0 Å². The van der Waals surface area contributed by atoms with Crippen molar-refractivity contribution in [3.05, 3.63) is 111 Å². The molecule has 61 heavy (non-hydrogen) atoms. The Morgan fingerprint density at radius 3 is 1.51 bits per heavy atom. The minimum Gasteiger partial charge on any atom is -0.446 e. The highest BCUT2D eigenvalue weighted by Gasteiger charge is 2.45. The predicted octanol–water partition coefficient (Wildman–Crippen LogP) is 8.65. The summed E-state index contributed by atoms with van der Waals surface area (Å²) >= 11 is 5.52. The maximum absolute atomic E-state index is 14.6. The molecule has 4 aromatic rings. The largest absolute Gasteiger partial charge is 0.446 e. The first-order valence-electron chi connectivity index (χ1n) is 17.2. The second-order valence-electron chi connectivity index (χ2n) is 13.1. The molecular formula is C38H29ClF10N6O6. The van der Waals surface area contributed by atoms with Crippen molar-refractivity contribution in [2.45, 2.75) is 38.3 Å². The van der Waals surface area contributed by atoms with Gasteiger partial charge in [0.1, 0.15) is 41.5 Å². The second kappa shape index (κ2) is 17.3. The molecule has 23 heteroatoms. The molecule has 2 fully saturated rings. The van der Waals surface area contributed by atoms with Crippen LogP contribution in [0.25, 0.3) is 6.08 Å². The number of halogens is 11. The zero-order chi connectivity index (χ0) is 45.5. The molecule has 0 bridgehead atoms. The highest BCUT2D eigenvalue weighted by atomic mass is 35.5. The Morgan fingerprint density at radius 1 is 0.721 bits per heavy atom. The lowest BCUT2D eigenvalue weighted by molar-refractivity contribution is -0.138.